The van der Waals surface area contributed by atoms with Gasteiger partial charge in [-0.1, -0.05) is 11.6 Å². The second-order valence-corrected chi connectivity index (χ2v) is 5.16. The van der Waals surface area contributed by atoms with Gasteiger partial charge in [0, 0.05) is 16.8 Å². The Balaban J connectivity index is 2.34. The van der Waals surface area contributed by atoms with Crippen molar-refractivity contribution in [3.63, 3.8) is 0 Å². The van der Waals surface area contributed by atoms with E-state index in [0.29, 0.717) is 5.92 Å². The van der Waals surface area contributed by atoms with Gasteiger partial charge in [0.15, 0.2) is 0 Å². The van der Waals surface area contributed by atoms with Crippen LogP contribution in [0.25, 0.3) is 0 Å². The van der Waals surface area contributed by atoms with Crippen LogP contribution < -0.4 is 5.73 Å². The first-order valence-corrected chi connectivity index (χ1v) is 5.41. The zero-order chi connectivity index (χ0) is 8.72. The van der Waals surface area contributed by atoms with Crippen LogP contribution in [0.3, 0.4) is 0 Å². The average molecular weight is 202 g/mol. The fourth-order valence-electron chi connectivity index (χ4n) is 1.86. The molecule has 0 bridgehead atoms. The molecule has 0 radical (unpaired) electrons. The highest BCUT2D eigenvalue weighted by molar-refractivity contribution is 7.16. The summed E-state index contributed by atoms with van der Waals surface area (Å²) in [5.74, 6) is 0.553. The number of hydrogen-bond acceptors (Lipinski definition) is 2. The Morgan fingerprint density at radius 1 is 1.75 bits per heavy atom. The topological polar surface area (TPSA) is 26.0 Å². The van der Waals surface area contributed by atoms with Crippen molar-refractivity contribution >= 4 is 22.9 Å². The van der Waals surface area contributed by atoms with Crippen LogP contribution >= 0.6 is 22.9 Å². The third-order valence-corrected chi connectivity index (χ3v) is 3.95. The maximum atomic E-state index is 5.93. The summed E-state index contributed by atoms with van der Waals surface area (Å²) in [5.41, 5.74) is 7.31. The lowest BCUT2D eigenvalue weighted by Crippen LogP contribution is -2.22. The Labute approximate surface area is 81.5 Å². The molecular weight excluding hydrogens is 190 g/mol. The minimum Gasteiger partial charge on any atom is -0.327 e. The summed E-state index contributed by atoms with van der Waals surface area (Å²) in [4.78, 5) is 1.43. The highest BCUT2D eigenvalue weighted by atomic mass is 35.5. The molecule has 1 aliphatic carbocycles. The average Bonchev–Trinajstić information content (AvgIpc) is 2.43. The van der Waals surface area contributed by atoms with Crippen LogP contribution in [0.5, 0.6) is 0 Å². The Bertz CT molecular complexity index is 293. The third-order valence-electron chi connectivity index (χ3n) is 2.51. The predicted octanol–water partition coefficient (Wildman–Crippen LogP) is 2.78. The van der Waals surface area contributed by atoms with E-state index in [1.165, 1.54) is 16.9 Å². The molecule has 66 valence electrons. The summed E-state index contributed by atoms with van der Waals surface area (Å²) in [6.07, 6.45) is 2.36. The second-order valence-electron chi connectivity index (χ2n) is 3.44. The van der Waals surface area contributed by atoms with Crippen molar-refractivity contribution < 1.29 is 0 Å². The number of aryl methyl sites for hydroxylation is 1. The summed E-state index contributed by atoms with van der Waals surface area (Å²) in [6.45, 7) is 2.08. The van der Waals surface area contributed by atoms with Crippen LogP contribution in [0.2, 0.25) is 4.34 Å². The van der Waals surface area contributed by atoms with Crippen LogP contribution in [0, 0.1) is 0 Å². The van der Waals surface area contributed by atoms with E-state index in [1.807, 2.05) is 0 Å². The summed E-state index contributed by atoms with van der Waals surface area (Å²) in [5, 5.41) is 0. The second kappa shape index (κ2) is 3.02. The minimum atomic E-state index is 0.265. The van der Waals surface area contributed by atoms with Gasteiger partial charge in [-0.05, 0) is 31.4 Å². The summed E-state index contributed by atoms with van der Waals surface area (Å²) >= 11 is 7.62. The molecule has 1 heterocycles. The van der Waals surface area contributed by atoms with Crippen molar-refractivity contribution in [1.29, 1.82) is 0 Å². The van der Waals surface area contributed by atoms with Gasteiger partial charge >= 0.3 is 0 Å². The highest BCUT2D eigenvalue weighted by Gasteiger charge is 2.27. The molecule has 2 N–H and O–H groups in total. The molecule has 1 aromatic heterocycles. The molecule has 1 aromatic rings. The molecule has 0 spiro atoms. The van der Waals surface area contributed by atoms with E-state index in [-0.39, 0.29) is 6.04 Å². The van der Waals surface area contributed by atoms with Crippen molar-refractivity contribution in [2.45, 2.75) is 31.7 Å². The molecule has 0 amide bonds. The molecule has 3 heteroatoms. The molecule has 0 fully saturated rings. The first-order chi connectivity index (χ1) is 5.68. The Kier molecular flexibility index (Phi) is 2.15. The normalized spacial score (nSPS) is 24.1. The maximum Gasteiger partial charge on any atom is 0.0934 e. The van der Waals surface area contributed by atoms with Gasteiger partial charge < -0.3 is 5.73 Å². The molecule has 2 atom stereocenters. The van der Waals surface area contributed by atoms with Crippen molar-refractivity contribution in [2.75, 3.05) is 0 Å². The molecule has 0 aromatic carbocycles. The minimum absolute atomic E-state index is 0.265. The summed E-state index contributed by atoms with van der Waals surface area (Å²) < 4.78 is 0.908. The van der Waals surface area contributed by atoms with Gasteiger partial charge in [-0.15, -0.1) is 11.3 Å². The van der Waals surface area contributed by atoms with Crippen molar-refractivity contribution in [3.8, 4) is 0 Å². The smallest absolute Gasteiger partial charge is 0.0934 e. The largest absolute Gasteiger partial charge is 0.327 e. The molecular formula is C9H12ClNS. The fraction of sp³-hybridized carbons (Fsp3) is 0.556. The van der Waals surface area contributed by atoms with Gasteiger partial charge in [0.1, 0.15) is 0 Å². The van der Waals surface area contributed by atoms with E-state index in [1.54, 1.807) is 11.3 Å². The summed E-state index contributed by atoms with van der Waals surface area (Å²) in [7, 11) is 0. The molecule has 2 rings (SSSR count). The highest BCUT2D eigenvalue weighted by Crippen LogP contribution is 2.42. The number of hydrogen-bond donors (Lipinski definition) is 1. The van der Waals surface area contributed by atoms with Crippen molar-refractivity contribution in [1.82, 2.24) is 0 Å². The molecule has 12 heavy (non-hydrogen) atoms. The number of nitrogens with two attached hydrogens (primary N) is 1. The first-order valence-electron chi connectivity index (χ1n) is 4.22. The lowest BCUT2D eigenvalue weighted by molar-refractivity contribution is 0.570. The standard InChI is InChI=1S/C9H12ClNS/c1-5(11)7-3-2-6-4-8(10)12-9(6)7/h4-5,7H,2-3,11H2,1H3. The Morgan fingerprint density at radius 3 is 3.17 bits per heavy atom. The van der Waals surface area contributed by atoms with E-state index in [4.69, 9.17) is 17.3 Å². The third kappa shape index (κ3) is 1.28. The van der Waals surface area contributed by atoms with Crippen LogP contribution in [-0.4, -0.2) is 6.04 Å². The van der Waals surface area contributed by atoms with E-state index in [0.717, 1.165) is 10.8 Å². The van der Waals surface area contributed by atoms with E-state index in [2.05, 4.69) is 13.0 Å². The van der Waals surface area contributed by atoms with Gasteiger partial charge in [-0.2, -0.15) is 0 Å². The van der Waals surface area contributed by atoms with Crippen molar-refractivity contribution in [2.24, 2.45) is 5.73 Å². The number of rotatable bonds is 1. The van der Waals surface area contributed by atoms with Gasteiger partial charge in [0.25, 0.3) is 0 Å². The maximum absolute atomic E-state index is 5.93. The van der Waals surface area contributed by atoms with Crippen LogP contribution in [-0.2, 0) is 6.42 Å². The lowest BCUT2D eigenvalue weighted by atomic mass is 10.0. The van der Waals surface area contributed by atoms with Crippen molar-refractivity contribution in [3.05, 3.63) is 20.8 Å². The first kappa shape index (κ1) is 8.54. The molecule has 0 aliphatic heterocycles. The Hall–Kier alpha value is -0.0500. The predicted molar refractivity (Wildman–Crippen MR) is 54.0 cm³/mol. The molecule has 0 saturated heterocycles. The van der Waals surface area contributed by atoms with E-state index in [9.17, 15) is 0 Å². The lowest BCUT2D eigenvalue weighted by Gasteiger charge is -2.13. The monoisotopic (exact) mass is 201 g/mol. The SMILES string of the molecule is CC(N)C1CCc2cc(Cl)sc21. The summed E-state index contributed by atoms with van der Waals surface area (Å²) in [6, 6.07) is 2.35. The van der Waals surface area contributed by atoms with Gasteiger partial charge in [-0.3, -0.25) is 0 Å². The zero-order valence-corrected chi connectivity index (χ0v) is 8.58. The number of halogens is 1. The van der Waals surface area contributed by atoms with Gasteiger partial charge in [0.05, 0.1) is 4.34 Å². The van der Waals surface area contributed by atoms with E-state index < -0.39 is 0 Å². The fourth-order valence-corrected chi connectivity index (χ4v) is 3.43. The number of thiophene rings is 1. The van der Waals surface area contributed by atoms with Crippen LogP contribution in [0.4, 0.5) is 0 Å². The van der Waals surface area contributed by atoms with Crippen LogP contribution in [0.15, 0.2) is 6.07 Å². The molecule has 1 nitrogen and oxygen atoms in total. The van der Waals surface area contributed by atoms with Gasteiger partial charge in [0.2, 0.25) is 0 Å². The molecule has 1 aliphatic rings. The molecule has 2 unspecified atom stereocenters. The number of fused-ring (bicyclic) bond motifs is 1. The van der Waals surface area contributed by atoms with Crippen LogP contribution in [0.1, 0.15) is 29.7 Å². The zero-order valence-electron chi connectivity index (χ0n) is 7.01. The molecule has 0 saturated carbocycles. The quantitative estimate of drug-likeness (QED) is 0.743. The van der Waals surface area contributed by atoms with Gasteiger partial charge in [-0.25, -0.2) is 0 Å². The Morgan fingerprint density at radius 2 is 2.50 bits per heavy atom. The van der Waals surface area contributed by atoms with E-state index >= 15 is 0 Å².